The van der Waals surface area contributed by atoms with Gasteiger partial charge in [-0.05, 0) is 19.8 Å². The largest absolute Gasteiger partial charge is 0.466 e. The van der Waals surface area contributed by atoms with Crippen LogP contribution in [0.4, 0.5) is 0 Å². The molecule has 0 amide bonds. The molecule has 0 heterocycles. The van der Waals surface area contributed by atoms with Gasteiger partial charge in [0.15, 0.2) is 0 Å². The van der Waals surface area contributed by atoms with E-state index in [1.165, 1.54) is 12.7 Å². The highest BCUT2D eigenvalue weighted by Gasteiger charge is 2.45. The van der Waals surface area contributed by atoms with Crippen LogP contribution in [0.1, 0.15) is 33.1 Å². The van der Waals surface area contributed by atoms with Gasteiger partial charge in [0.25, 0.3) is 0 Å². The lowest BCUT2D eigenvalue weighted by Crippen LogP contribution is -2.41. The van der Waals surface area contributed by atoms with Crippen LogP contribution in [0.25, 0.3) is 0 Å². The summed E-state index contributed by atoms with van der Waals surface area (Å²) in [6.45, 7) is 4.05. The number of ether oxygens (including phenoxy) is 1. The van der Waals surface area contributed by atoms with Crippen LogP contribution in [0, 0.1) is 11.3 Å². The van der Waals surface area contributed by atoms with E-state index in [9.17, 15) is 9.59 Å². The third-order valence-electron chi connectivity index (χ3n) is 4.11. The second-order valence-electron chi connectivity index (χ2n) is 5.17. The molecule has 0 saturated carbocycles. The zero-order valence-corrected chi connectivity index (χ0v) is 10.6. The number of carbonyl (C=O) groups excluding carboxylic acids is 2. The summed E-state index contributed by atoms with van der Waals surface area (Å²) in [7, 11) is 1.35. The number of allylic oxidation sites excluding steroid dienone is 3. The molecule has 0 fully saturated rings. The molecule has 3 nitrogen and oxygen atoms in total. The molecule has 2 rings (SSSR count). The van der Waals surface area contributed by atoms with Gasteiger partial charge in [0.1, 0.15) is 5.78 Å². The quantitative estimate of drug-likeness (QED) is 0.517. The Labute approximate surface area is 102 Å². The first kappa shape index (κ1) is 12.1. The first-order valence-corrected chi connectivity index (χ1v) is 5.98. The maximum absolute atomic E-state index is 12.3. The van der Waals surface area contributed by atoms with Crippen LogP contribution in [0.2, 0.25) is 0 Å². The van der Waals surface area contributed by atoms with Crippen molar-refractivity contribution in [2.24, 2.45) is 11.3 Å². The number of esters is 1. The van der Waals surface area contributed by atoms with Gasteiger partial charge in [-0.1, -0.05) is 24.6 Å². The predicted molar refractivity (Wildman–Crippen MR) is 64.3 cm³/mol. The molecule has 0 aromatic heterocycles. The molecule has 0 aromatic carbocycles. The van der Waals surface area contributed by atoms with Crippen LogP contribution < -0.4 is 0 Å². The molecular weight excluding hydrogens is 216 g/mol. The van der Waals surface area contributed by atoms with E-state index < -0.39 is 0 Å². The fourth-order valence-electron chi connectivity index (χ4n) is 2.92. The molecule has 3 heteroatoms. The standard InChI is InChI=1S/C14H18O3/c1-9-5-4-6-14(2)11(9)7-10(8-12(14)15)13(16)17-3/h5,7,11H,4,6,8H2,1-3H3/t11-,14+/m0/s1. The summed E-state index contributed by atoms with van der Waals surface area (Å²) in [6, 6.07) is 0. The van der Waals surface area contributed by atoms with Crippen molar-refractivity contribution in [1.82, 2.24) is 0 Å². The summed E-state index contributed by atoms with van der Waals surface area (Å²) in [5.74, 6) is -0.150. The van der Waals surface area contributed by atoms with E-state index in [-0.39, 0.29) is 29.5 Å². The maximum atomic E-state index is 12.3. The first-order valence-electron chi connectivity index (χ1n) is 5.98. The molecule has 0 aromatic rings. The van der Waals surface area contributed by atoms with Gasteiger partial charge in [-0.3, -0.25) is 4.79 Å². The Bertz CT molecular complexity index is 431. The SMILES string of the molecule is COC(=O)C1=C[C@H]2C(C)=CCC[C@@]2(C)C(=O)C1. The van der Waals surface area contributed by atoms with Crippen LogP contribution in [0.15, 0.2) is 23.3 Å². The van der Waals surface area contributed by atoms with Gasteiger partial charge in [-0.25, -0.2) is 4.79 Å². The molecule has 2 aliphatic carbocycles. The van der Waals surface area contributed by atoms with Gasteiger partial charge in [-0.2, -0.15) is 0 Å². The normalized spacial score (nSPS) is 32.4. The van der Waals surface area contributed by atoms with E-state index in [0.29, 0.717) is 5.57 Å². The Balaban J connectivity index is 2.43. The number of fused-ring (bicyclic) bond motifs is 1. The lowest BCUT2D eigenvalue weighted by Gasteiger charge is -2.41. The second kappa shape index (κ2) is 4.13. The average Bonchev–Trinajstić information content (AvgIpc) is 2.30. The Morgan fingerprint density at radius 3 is 2.88 bits per heavy atom. The zero-order valence-electron chi connectivity index (χ0n) is 10.6. The van der Waals surface area contributed by atoms with Gasteiger partial charge in [-0.15, -0.1) is 0 Å². The number of rotatable bonds is 1. The van der Waals surface area contributed by atoms with E-state index in [0.717, 1.165) is 12.8 Å². The molecule has 0 saturated heterocycles. The molecule has 0 aliphatic heterocycles. The Morgan fingerprint density at radius 1 is 1.53 bits per heavy atom. The highest BCUT2D eigenvalue weighted by molar-refractivity contribution is 6.00. The van der Waals surface area contributed by atoms with E-state index in [4.69, 9.17) is 4.74 Å². The number of Topliss-reactive ketones (excluding diaryl/α,β-unsaturated/α-hetero) is 1. The maximum Gasteiger partial charge on any atom is 0.333 e. The highest BCUT2D eigenvalue weighted by atomic mass is 16.5. The van der Waals surface area contributed by atoms with Gasteiger partial charge in [0.2, 0.25) is 0 Å². The van der Waals surface area contributed by atoms with Crippen molar-refractivity contribution in [3.63, 3.8) is 0 Å². The Kier molecular flexibility index (Phi) is 2.94. The summed E-state index contributed by atoms with van der Waals surface area (Å²) in [5, 5.41) is 0. The van der Waals surface area contributed by atoms with Gasteiger partial charge in [0.05, 0.1) is 7.11 Å². The number of carbonyl (C=O) groups is 2. The number of hydrogen-bond donors (Lipinski definition) is 0. The van der Waals surface area contributed by atoms with Gasteiger partial charge >= 0.3 is 5.97 Å². The third kappa shape index (κ3) is 1.84. The fraction of sp³-hybridized carbons (Fsp3) is 0.571. The van der Waals surface area contributed by atoms with Crippen molar-refractivity contribution in [2.75, 3.05) is 7.11 Å². The molecule has 2 atom stereocenters. The molecule has 0 spiro atoms. The molecule has 0 bridgehead atoms. The third-order valence-corrected chi connectivity index (χ3v) is 4.11. The zero-order chi connectivity index (χ0) is 12.6. The second-order valence-corrected chi connectivity index (χ2v) is 5.17. The minimum atomic E-state index is -0.376. The van der Waals surface area contributed by atoms with Crippen LogP contribution in [0.3, 0.4) is 0 Å². The minimum absolute atomic E-state index is 0.0617. The van der Waals surface area contributed by atoms with Crippen LogP contribution in [-0.4, -0.2) is 18.9 Å². The lowest BCUT2D eigenvalue weighted by atomic mass is 9.61. The molecule has 2 aliphatic rings. The molecule has 0 radical (unpaired) electrons. The van der Waals surface area contributed by atoms with Crippen molar-refractivity contribution >= 4 is 11.8 Å². The topological polar surface area (TPSA) is 43.4 Å². The summed E-state index contributed by atoms with van der Waals surface area (Å²) in [4.78, 5) is 23.8. The monoisotopic (exact) mass is 234 g/mol. The van der Waals surface area contributed by atoms with Crippen molar-refractivity contribution in [2.45, 2.75) is 33.1 Å². The molecule has 17 heavy (non-hydrogen) atoms. The average molecular weight is 234 g/mol. The lowest BCUT2D eigenvalue weighted by molar-refractivity contribution is -0.139. The van der Waals surface area contributed by atoms with Crippen LogP contribution in [0.5, 0.6) is 0 Å². The van der Waals surface area contributed by atoms with E-state index in [1.807, 2.05) is 19.9 Å². The smallest absolute Gasteiger partial charge is 0.333 e. The van der Waals surface area contributed by atoms with E-state index in [2.05, 4.69) is 6.08 Å². The van der Waals surface area contributed by atoms with E-state index >= 15 is 0 Å². The molecule has 92 valence electrons. The van der Waals surface area contributed by atoms with Crippen molar-refractivity contribution in [1.29, 1.82) is 0 Å². The number of ketones is 1. The molecule has 0 N–H and O–H groups in total. The van der Waals surface area contributed by atoms with Crippen molar-refractivity contribution in [3.8, 4) is 0 Å². The van der Waals surface area contributed by atoms with Gasteiger partial charge < -0.3 is 4.74 Å². The predicted octanol–water partition coefficient (Wildman–Crippen LogP) is 2.42. The number of methoxy groups -OCH3 is 1. The molecule has 0 unspecified atom stereocenters. The summed E-state index contributed by atoms with van der Waals surface area (Å²) >= 11 is 0. The van der Waals surface area contributed by atoms with Crippen molar-refractivity contribution in [3.05, 3.63) is 23.3 Å². The first-order chi connectivity index (χ1) is 7.99. The summed E-state index contributed by atoms with van der Waals surface area (Å²) in [5.41, 5.74) is 1.37. The fourth-order valence-corrected chi connectivity index (χ4v) is 2.92. The van der Waals surface area contributed by atoms with Crippen LogP contribution >= 0.6 is 0 Å². The summed E-state index contributed by atoms with van der Waals surface area (Å²) in [6.07, 6.45) is 6.13. The Morgan fingerprint density at radius 2 is 2.24 bits per heavy atom. The minimum Gasteiger partial charge on any atom is -0.466 e. The van der Waals surface area contributed by atoms with Gasteiger partial charge in [0, 0.05) is 23.3 Å². The molecular formula is C14H18O3. The highest BCUT2D eigenvalue weighted by Crippen LogP contribution is 2.47. The van der Waals surface area contributed by atoms with Crippen LogP contribution in [-0.2, 0) is 14.3 Å². The van der Waals surface area contributed by atoms with E-state index in [1.54, 1.807) is 0 Å². The van der Waals surface area contributed by atoms with Crippen molar-refractivity contribution < 1.29 is 14.3 Å². The number of hydrogen-bond acceptors (Lipinski definition) is 3. The Hall–Kier alpha value is -1.38. The summed E-state index contributed by atoms with van der Waals surface area (Å²) < 4.78 is 4.71.